The van der Waals surface area contributed by atoms with Crippen molar-refractivity contribution in [3.8, 4) is 0 Å². The van der Waals surface area contributed by atoms with Gasteiger partial charge in [-0.1, -0.05) is 48.0 Å². The van der Waals surface area contributed by atoms with E-state index < -0.39 is 18.0 Å². The minimum atomic E-state index is -0.947. The van der Waals surface area contributed by atoms with E-state index in [1.165, 1.54) is 11.1 Å². The van der Waals surface area contributed by atoms with Gasteiger partial charge in [-0.05, 0) is 59.9 Å². The molecule has 0 fully saturated rings. The lowest BCUT2D eigenvalue weighted by Crippen LogP contribution is -2.30. The number of rotatable bonds is 4. The molecule has 0 heterocycles. The summed E-state index contributed by atoms with van der Waals surface area (Å²) >= 11 is 6.05. The zero-order valence-electron chi connectivity index (χ0n) is 14.8. The minimum Gasteiger partial charge on any atom is -0.449 e. The molecule has 0 spiro atoms. The summed E-state index contributed by atoms with van der Waals surface area (Å²) in [5, 5.41) is 5.13. The van der Waals surface area contributed by atoms with Crippen molar-refractivity contribution in [1.29, 1.82) is 0 Å². The summed E-state index contributed by atoms with van der Waals surface area (Å²) in [5.41, 5.74) is 3.47. The van der Waals surface area contributed by atoms with Gasteiger partial charge in [-0.15, -0.1) is 0 Å². The van der Waals surface area contributed by atoms with E-state index in [1.54, 1.807) is 37.3 Å². The van der Waals surface area contributed by atoms with Gasteiger partial charge in [0.05, 0.1) is 16.3 Å². The molecule has 1 atom stereocenters. The van der Waals surface area contributed by atoms with Crippen LogP contribution in [0.15, 0.2) is 54.6 Å². The Morgan fingerprint density at radius 3 is 2.52 bits per heavy atom. The standard InChI is InChI=1S/C22H18ClNO3/c1-13(21(25)24-19-8-3-2-7-18(19)23)27-22(26)17-12-11-15-10-9-14-5-4-6-16(17)20(14)15/h2-8,11-13H,9-10H2,1H3,(H,24,25). The fourth-order valence-electron chi connectivity index (χ4n) is 3.50. The predicted octanol–water partition coefficient (Wildman–Crippen LogP) is 4.78. The zero-order valence-corrected chi connectivity index (χ0v) is 15.5. The molecule has 4 rings (SSSR count). The van der Waals surface area contributed by atoms with Gasteiger partial charge in [0.2, 0.25) is 0 Å². The molecule has 0 saturated carbocycles. The van der Waals surface area contributed by atoms with E-state index in [0.717, 1.165) is 23.6 Å². The third-order valence-corrected chi connectivity index (χ3v) is 5.21. The molecule has 27 heavy (non-hydrogen) atoms. The van der Waals surface area contributed by atoms with Gasteiger partial charge in [0, 0.05) is 0 Å². The molecule has 0 bridgehead atoms. The van der Waals surface area contributed by atoms with Gasteiger partial charge >= 0.3 is 5.97 Å². The van der Waals surface area contributed by atoms with Crippen LogP contribution in [0.3, 0.4) is 0 Å². The minimum absolute atomic E-state index is 0.428. The lowest BCUT2D eigenvalue weighted by molar-refractivity contribution is -0.123. The fourth-order valence-corrected chi connectivity index (χ4v) is 3.68. The van der Waals surface area contributed by atoms with Crippen molar-refractivity contribution in [2.45, 2.75) is 25.9 Å². The first kappa shape index (κ1) is 17.6. The average molecular weight is 380 g/mol. The van der Waals surface area contributed by atoms with Gasteiger partial charge in [-0.25, -0.2) is 4.79 Å². The monoisotopic (exact) mass is 379 g/mol. The number of amides is 1. The van der Waals surface area contributed by atoms with Crippen LogP contribution in [0.2, 0.25) is 5.02 Å². The van der Waals surface area contributed by atoms with Crippen LogP contribution in [0.5, 0.6) is 0 Å². The number of anilines is 1. The Morgan fingerprint density at radius 1 is 1.00 bits per heavy atom. The fraction of sp³-hybridized carbons (Fsp3) is 0.182. The highest BCUT2D eigenvalue weighted by Crippen LogP contribution is 2.33. The van der Waals surface area contributed by atoms with Crippen LogP contribution >= 0.6 is 11.6 Å². The number of aryl methyl sites for hydroxylation is 2. The Balaban J connectivity index is 1.54. The van der Waals surface area contributed by atoms with E-state index in [4.69, 9.17) is 16.3 Å². The largest absolute Gasteiger partial charge is 0.449 e. The summed E-state index contributed by atoms with van der Waals surface area (Å²) in [5.74, 6) is -0.935. The molecule has 1 N–H and O–H groups in total. The topological polar surface area (TPSA) is 55.4 Å². The molecule has 0 aromatic heterocycles. The number of halogens is 1. The number of para-hydroxylation sites is 1. The lowest BCUT2D eigenvalue weighted by Gasteiger charge is -2.15. The van der Waals surface area contributed by atoms with Crippen molar-refractivity contribution in [3.05, 3.63) is 76.3 Å². The van der Waals surface area contributed by atoms with Crippen LogP contribution in [0.4, 0.5) is 5.69 Å². The number of esters is 1. The van der Waals surface area contributed by atoms with E-state index >= 15 is 0 Å². The second-order valence-corrected chi connectivity index (χ2v) is 7.04. The van der Waals surface area contributed by atoms with Crippen LogP contribution in [-0.2, 0) is 22.4 Å². The van der Waals surface area contributed by atoms with Crippen LogP contribution in [0, 0.1) is 0 Å². The predicted molar refractivity (Wildman–Crippen MR) is 106 cm³/mol. The highest BCUT2D eigenvalue weighted by molar-refractivity contribution is 6.33. The van der Waals surface area contributed by atoms with E-state index in [-0.39, 0.29) is 0 Å². The van der Waals surface area contributed by atoms with Gasteiger partial charge < -0.3 is 10.1 Å². The number of nitrogens with one attached hydrogen (secondary N) is 1. The number of hydrogen-bond donors (Lipinski definition) is 1. The van der Waals surface area contributed by atoms with Gasteiger partial charge in [-0.3, -0.25) is 4.79 Å². The van der Waals surface area contributed by atoms with E-state index in [2.05, 4.69) is 11.4 Å². The number of benzene rings is 3. The Hall–Kier alpha value is -2.85. The van der Waals surface area contributed by atoms with Crippen LogP contribution in [-0.4, -0.2) is 18.0 Å². The summed E-state index contributed by atoms with van der Waals surface area (Å²) in [4.78, 5) is 25.1. The lowest BCUT2D eigenvalue weighted by atomic mass is 10.00. The molecule has 136 valence electrons. The molecular formula is C22H18ClNO3. The van der Waals surface area contributed by atoms with Crippen LogP contribution < -0.4 is 5.32 Å². The molecule has 0 aliphatic heterocycles. The van der Waals surface area contributed by atoms with E-state index in [1.807, 2.05) is 18.2 Å². The molecule has 0 radical (unpaired) electrons. The first-order valence-corrected chi connectivity index (χ1v) is 9.22. The van der Waals surface area contributed by atoms with Gasteiger partial charge in [0.1, 0.15) is 0 Å². The van der Waals surface area contributed by atoms with Crippen molar-refractivity contribution < 1.29 is 14.3 Å². The number of ether oxygens (including phenoxy) is 1. The molecule has 1 unspecified atom stereocenters. The van der Waals surface area contributed by atoms with Gasteiger partial charge in [0.25, 0.3) is 5.91 Å². The average Bonchev–Trinajstić information content (AvgIpc) is 3.09. The molecular weight excluding hydrogens is 362 g/mol. The van der Waals surface area contributed by atoms with Crippen molar-refractivity contribution >= 4 is 39.9 Å². The Morgan fingerprint density at radius 2 is 1.74 bits per heavy atom. The Kier molecular flexibility index (Phi) is 4.58. The summed E-state index contributed by atoms with van der Waals surface area (Å²) in [6.07, 6.45) is 1.03. The van der Waals surface area contributed by atoms with E-state index in [0.29, 0.717) is 16.3 Å². The third-order valence-electron chi connectivity index (χ3n) is 4.88. The first-order valence-electron chi connectivity index (χ1n) is 8.84. The number of carbonyl (C=O) groups is 2. The molecule has 3 aromatic rings. The number of carbonyl (C=O) groups excluding carboxylic acids is 2. The van der Waals surface area contributed by atoms with Crippen molar-refractivity contribution in [3.63, 3.8) is 0 Å². The van der Waals surface area contributed by atoms with Crippen molar-refractivity contribution in [2.75, 3.05) is 5.32 Å². The SMILES string of the molecule is CC(OC(=O)c1ccc2c3c(cccc13)CC2)C(=O)Nc1ccccc1Cl. The molecule has 1 amide bonds. The normalized spacial score (nSPS) is 13.4. The molecule has 1 aliphatic carbocycles. The second kappa shape index (κ2) is 7.05. The maximum atomic E-state index is 12.7. The summed E-state index contributed by atoms with van der Waals surface area (Å²) in [6, 6.07) is 16.7. The zero-order chi connectivity index (χ0) is 19.0. The molecule has 4 nitrogen and oxygen atoms in total. The quantitative estimate of drug-likeness (QED) is 0.664. The highest BCUT2D eigenvalue weighted by atomic mass is 35.5. The third kappa shape index (κ3) is 3.28. The smallest absolute Gasteiger partial charge is 0.339 e. The summed E-state index contributed by atoms with van der Waals surface area (Å²) in [7, 11) is 0. The van der Waals surface area contributed by atoms with Crippen molar-refractivity contribution in [2.24, 2.45) is 0 Å². The Bertz CT molecular complexity index is 1050. The van der Waals surface area contributed by atoms with Crippen LogP contribution in [0.1, 0.15) is 28.4 Å². The molecule has 5 heteroatoms. The van der Waals surface area contributed by atoms with Crippen LogP contribution in [0.25, 0.3) is 10.8 Å². The highest BCUT2D eigenvalue weighted by Gasteiger charge is 2.23. The summed E-state index contributed by atoms with van der Waals surface area (Å²) in [6.45, 7) is 1.55. The molecule has 0 saturated heterocycles. The first-order chi connectivity index (χ1) is 13.0. The number of hydrogen-bond acceptors (Lipinski definition) is 3. The Labute approximate surface area is 162 Å². The summed E-state index contributed by atoms with van der Waals surface area (Å²) < 4.78 is 5.42. The molecule has 3 aromatic carbocycles. The second-order valence-electron chi connectivity index (χ2n) is 6.63. The van der Waals surface area contributed by atoms with Gasteiger partial charge in [-0.2, -0.15) is 0 Å². The van der Waals surface area contributed by atoms with E-state index in [9.17, 15) is 9.59 Å². The van der Waals surface area contributed by atoms with Gasteiger partial charge in [0.15, 0.2) is 6.10 Å². The molecule has 1 aliphatic rings. The van der Waals surface area contributed by atoms with Crippen molar-refractivity contribution in [1.82, 2.24) is 0 Å². The maximum absolute atomic E-state index is 12.7. The maximum Gasteiger partial charge on any atom is 0.339 e.